The number of nitrogens with zero attached hydrogens (tertiary/aromatic N) is 3. The largest absolute Gasteiger partial charge is 0.301 e. The summed E-state index contributed by atoms with van der Waals surface area (Å²) >= 11 is 1.81. The van der Waals surface area contributed by atoms with Crippen LogP contribution in [0.3, 0.4) is 0 Å². The Morgan fingerprint density at radius 2 is 1.83 bits per heavy atom. The number of aromatic nitrogens is 2. The van der Waals surface area contributed by atoms with E-state index in [-0.39, 0.29) is 0 Å². The maximum absolute atomic E-state index is 4.34. The van der Waals surface area contributed by atoms with Gasteiger partial charge in [0.1, 0.15) is 6.33 Å². The molecule has 2 aromatic heterocycles. The van der Waals surface area contributed by atoms with Crippen molar-refractivity contribution in [2.75, 3.05) is 13.6 Å². The third kappa shape index (κ3) is 3.00. The van der Waals surface area contributed by atoms with Crippen LogP contribution in [0.5, 0.6) is 0 Å². The highest BCUT2D eigenvalue weighted by Crippen LogP contribution is 2.37. The molecule has 6 rings (SSSR count). The van der Waals surface area contributed by atoms with Crippen LogP contribution >= 0.6 is 11.3 Å². The summed E-state index contributed by atoms with van der Waals surface area (Å²) in [4.78, 5) is 10.9. The first kappa shape index (κ1) is 17.8. The average Bonchev–Trinajstić information content (AvgIpc) is 3.25. The predicted octanol–water partition coefficient (Wildman–Crippen LogP) is 6.09. The molecule has 3 heterocycles. The van der Waals surface area contributed by atoms with Crippen LogP contribution in [0.15, 0.2) is 78.6 Å². The van der Waals surface area contributed by atoms with Crippen LogP contribution in [0.25, 0.3) is 32.1 Å². The summed E-state index contributed by atoms with van der Waals surface area (Å²) < 4.78 is 1.36. The van der Waals surface area contributed by atoms with Gasteiger partial charge in [0.15, 0.2) is 0 Å². The number of thiophene rings is 1. The van der Waals surface area contributed by atoms with Crippen molar-refractivity contribution in [3.63, 3.8) is 0 Å². The minimum absolute atomic E-state index is 0.405. The van der Waals surface area contributed by atoms with E-state index in [1.165, 1.54) is 37.9 Å². The fourth-order valence-electron chi connectivity index (χ4n) is 4.68. The summed E-state index contributed by atoms with van der Waals surface area (Å²) in [5.41, 5.74) is 7.72. The molecule has 0 aliphatic carbocycles. The van der Waals surface area contributed by atoms with E-state index in [1.54, 1.807) is 6.33 Å². The molecule has 146 valence electrons. The lowest BCUT2D eigenvalue weighted by atomic mass is 9.83. The fourth-order valence-corrected chi connectivity index (χ4v) is 5.45. The third-order valence-corrected chi connectivity index (χ3v) is 7.07. The smallest absolute Gasteiger partial charge is 0.116 e. The first-order valence-corrected chi connectivity index (χ1v) is 11.1. The molecule has 0 N–H and O–H groups in total. The number of hydrogen-bond donors (Lipinski definition) is 0. The van der Waals surface area contributed by atoms with E-state index in [0.717, 1.165) is 24.0 Å². The lowest BCUT2D eigenvalue weighted by Crippen LogP contribution is -2.31. The zero-order valence-electron chi connectivity index (χ0n) is 16.7. The molecule has 5 aromatic rings. The molecule has 1 aliphatic heterocycles. The Kier molecular flexibility index (Phi) is 4.15. The molecule has 0 saturated heterocycles. The van der Waals surface area contributed by atoms with Crippen molar-refractivity contribution >= 4 is 32.3 Å². The van der Waals surface area contributed by atoms with Crippen LogP contribution in [0.1, 0.15) is 22.6 Å². The van der Waals surface area contributed by atoms with Crippen LogP contribution in [0.4, 0.5) is 0 Å². The number of likely N-dealkylation sites (N-methyl/N-ethyl adjacent to an activating group) is 1. The Labute approximate surface area is 179 Å². The summed E-state index contributed by atoms with van der Waals surface area (Å²) in [5.74, 6) is 0.405. The van der Waals surface area contributed by atoms with E-state index in [1.807, 2.05) is 17.5 Å². The molecule has 0 radical (unpaired) electrons. The Bertz CT molecular complexity index is 1390. The number of rotatable bonds is 2. The standard InChI is InChI=1S/C26H21N3S/c1-29-14-22-11-17(18-3-6-25-21(10-18)13-27-16-28-25)2-5-23(22)24(15-29)19-4-7-26-20(12-19)8-9-30-26/h2-13,16,24H,14-15H2,1H3. The SMILES string of the molecule is CN1Cc2cc(-c3ccc4ncncc4c3)ccc2C(c2ccc3sccc3c2)C1. The van der Waals surface area contributed by atoms with E-state index < -0.39 is 0 Å². The number of hydrogen-bond acceptors (Lipinski definition) is 4. The van der Waals surface area contributed by atoms with Crippen molar-refractivity contribution in [1.29, 1.82) is 0 Å². The molecule has 1 unspecified atom stereocenters. The Balaban J connectivity index is 1.43. The zero-order chi connectivity index (χ0) is 20.1. The van der Waals surface area contributed by atoms with Crippen molar-refractivity contribution in [3.8, 4) is 11.1 Å². The Morgan fingerprint density at radius 3 is 2.80 bits per heavy atom. The summed E-state index contributed by atoms with van der Waals surface area (Å²) in [7, 11) is 2.22. The molecule has 1 atom stereocenters. The molecule has 3 aromatic carbocycles. The second-order valence-corrected chi connectivity index (χ2v) is 9.12. The van der Waals surface area contributed by atoms with Gasteiger partial charge >= 0.3 is 0 Å². The highest BCUT2D eigenvalue weighted by atomic mass is 32.1. The first-order chi connectivity index (χ1) is 14.7. The molecule has 30 heavy (non-hydrogen) atoms. The van der Waals surface area contributed by atoms with Crippen LogP contribution in [0.2, 0.25) is 0 Å². The number of fused-ring (bicyclic) bond motifs is 3. The summed E-state index contributed by atoms with van der Waals surface area (Å²) in [6.07, 6.45) is 3.49. The topological polar surface area (TPSA) is 29.0 Å². The zero-order valence-corrected chi connectivity index (χ0v) is 17.6. The highest BCUT2D eigenvalue weighted by molar-refractivity contribution is 7.17. The van der Waals surface area contributed by atoms with Crippen molar-refractivity contribution < 1.29 is 0 Å². The van der Waals surface area contributed by atoms with E-state index in [2.05, 4.69) is 88.0 Å². The van der Waals surface area contributed by atoms with Crippen LogP contribution in [-0.2, 0) is 6.54 Å². The van der Waals surface area contributed by atoms with Gasteiger partial charge in [-0.25, -0.2) is 9.97 Å². The lowest BCUT2D eigenvalue weighted by Gasteiger charge is -2.33. The van der Waals surface area contributed by atoms with Crippen molar-refractivity contribution in [2.24, 2.45) is 0 Å². The van der Waals surface area contributed by atoms with Gasteiger partial charge < -0.3 is 4.90 Å². The predicted molar refractivity (Wildman–Crippen MR) is 125 cm³/mol. The maximum atomic E-state index is 4.34. The van der Waals surface area contributed by atoms with Gasteiger partial charge in [-0.15, -0.1) is 11.3 Å². The Morgan fingerprint density at radius 1 is 0.933 bits per heavy atom. The Hall–Kier alpha value is -3.08. The van der Waals surface area contributed by atoms with Crippen LogP contribution in [-0.4, -0.2) is 28.5 Å². The molecule has 0 amide bonds. The van der Waals surface area contributed by atoms with Gasteiger partial charge in [0.2, 0.25) is 0 Å². The lowest BCUT2D eigenvalue weighted by molar-refractivity contribution is 0.295. The molecule has 0 fully saturated rings. The fraction of sp³-hybridized carbons (Fsp3) is 0.154. The number of benzene rings is 3. The van der Waals surface area contributed by atoms with Gasteiger partial charge in [-0.05, 0) is 82.0 Å². The van der Waals surface area contributed by atoms with Gasteiger partial charge in [-0.1, -0.05) is 24.3 Å². The van der Waals surface area contributed by atoms with Gasteiger partial charge in [0.05, 0.1) is 5.52 Å². The first-order valence-electron chi connectivity index (χ1n) is 10.2. The second-order valence-electron chi connectivity index (χ2n) is 8.18. The van der Waals surface area contributed by atoms with Crippen molar-refractivity contribution in [3.05, 3.63) is 95.3 Å². The molecule has 0 spiro atoms. The highest BCUT2D eigenvalue weighted by Gasteiger charge is 2.25. The van der Waals surface area contributed by atoms with Crippen LogP contribution in [0, 0.1) is 0 Å². The molecule has 0 saturated carbocycles. The second kappa shape index (κ2) is 7.01. The minimum Gasteiger partial charge on any atom is -0.301 e. The van der Waals surface area contributed by atoms with Gasteiger partial charge in [-0.3, -0.25) is 0 Å². The molecule has 4 heteroatoms. The van der Waals surface area contributed by atoms with E-state index in [9.17, 15) is 0 Å². The molecular weight excluding hydrogens is 386 g/mol. The summed E-state index contributed by atoms with van der Waals surface area (Å²) in [5, 5.41) is 4.60. The molecular formula is C26H21N3S. The van der Waals surface area contributed by atoms with Gasteiger partial charge in [0.25, 0.3) is 0 Å². The molecule has 3 nitrogen and oxygen atoms in total. The quantitative estimate of drug-likeness (QED) is 0.355. The van der Waals surface area contributed by atoms with Crippen LogP contribution < -0.4 is 0 Å². The van der Waals surface area contributed by atoms with E-state index in [4.69, 9.17) is 0 Å². The van der Waals surface area contributed by atoms with E-state index in [0.29, 0.717) is 5.92 Å². The van der Waals surface area contributed by atoms with Gasteiger partial charge in [0, 0.05) is 35.3 Å². The monoisotopic (exact) mass is 407 g/mol. The maximum Gasteiger partial charge on any atom is 0.116 e. The third-order valence-electron chi connectivity index (χ3n) is 6.17. The normalized spacial score (nSPS) is 16.8. The molecule has 0 bridgehead atoms. The molecule has 1 aliphatic rings. The average molecular weight is 408 g/mol. The summed E-state index contributed by atoms with van der Waals surface area (Å²) in [6.45, 7) is 2.03. The van der Waals surface area contributed by atoms with Gasteiger partial charge in [-0.2, -0.15) is 0 Å². The summed E-state index contributed by atoms with van der Waals surface area (Å²) in [6, 6.07) is 22.6. The van der Waals surface area contributed by atoms with E-state index >= 15 is 0 Å². The van der Waals surface area contributed by atoms with Crippen molar-refractivity contribution in [2.45, 2.75) is 12.5 Å². The minimum atomic E-state index is 0.405. The van der Waals surface area contributed by atoms with Crippen molar-refractivity contribution in [1.82, 2.24) is 14.9 Å².